The lowest BCUT2D eigenvalue weighted by molar-refractivity contribution is -0.130. The third-order valence-electron chi connectivity index (χ3n) is 6.25. The van der Waals surface area contributed by atoms with E-state index < -0.39 is 12.1 Å². The van der Waals surface area contributed by atoms with Gasteiger partial charge < -0.3 is 20.5 Å². The first-order valence-corrected chi connectivity index (χ1v) is 11.1. The lowest BCUT2D eigenvalue weighted by Gasteiger charge is -2.17. The maximum absolute atomic E-state index is 12.5. The van der Waals surface area contributed by atoms with Crippen LogP contribution in [0.2, 0.25) is 0 Å². The molecule has 3 N–H and O–H groups in total. The van der Waals surface area contributed by atoms with Crippen LogP contribution in [-0.4, -0.2) is 42.3 Å². The first kappa shape index (κ1) is 22.4. The molecule has 7 nitrogen and oxygen atoms in total. The molecule has 1 fully saturated rings. The Kier molecular flexibility index (Phi) is 6.94. The zero-order chi connectivity index (χ0) is 23.2. The van der Waals surface area contributed by atoms with Gasteiger partial charge in [0.2, 0.25) is 5.91 Å². The van der Waals surface area contributed by atoms with Crippen LogP contribution < -0.4 is 10.6 Å². The van der Waals surface area contributed by atoms with Gasteiger partial charge >= 0.3 is 12.1 Å². The Balaban J connectivity index is 1.23. The molecule has 2 atom stereocenters. The lowest BCUT2D eigenvalue weighted by Crippen LogP contribution is -2.34. The van der Waals surface area contributed by atoms with Gasteiger partial charge in [-0.15, -0.1) is 0 Å². The van der Waals surface area contributed by atoms with Gasteiger partial charge in [-0.05, 0) is 47.4 Å². The van der Waals surface area contributed by atoms with Crippen molar-refractivity contribution in [1.29, 1.82) is 0 Å². The van der Waals surface area contributed by atoms with Gasteiger partial charge in [0.1, 0.15) is 6.61 Å². The zero-order valence-electron chi connectivity index (χ0n) is 18.2. The van der Waals surface area contributed by atoms with Crippen molar-refractivity contribution >= 4 is 18.0 Å². The van der Waals surface area contributed by atoms with Crippen LogP contribution in [0.25, 0.3) is 11.1 Å². The molecule has 4 rings (SSSR count). The molecule has 1 saturated carbocycles. The second kappa shape index (κ2) is 10.2. The molecular weight excluding hydrogens is 420 g/mol. The van der Waals surface area contributed by atoms with Crippen LogP contribution in [0.3, 0.4) is 0 Å². The first-order chi connectivity index (χ1) is 16.0. The summed E-state index contributed by atoms with van der Waals surface area (Å²) < 4.78 is 5.61. The number of carbonyl (C=O) groups is 3. The van der Waals surface area contributed by atoms with E-state index in [-0.39, 0.29) is 36.9 Å². The summed E-state index contributed by atoms with van der Waals surface area (Å²) in [5.41, 5.74) is 4.72. The number of carboxylic acid groups (broad SMARTS) is 1. The van der Waals surface area contributed by atoms with Crippen LogP contribution in [-0.2, 0) is 14.3 Å². The average Bonchev–Trinajstić information content (AvgIpc) is 3.37. The molecular formula is C26H26N2O5. The minimum atomic E-state index is -1.22. The molecule has 0 heterocycles. The van der Waals surface area contributed by atoms with Gasteiger partial charge in [-0.3, -0.25) is 4.79 Å². The fraction of sp³-hybridized carbons (Fsp3) is 0.346. The van der Waals surface area contributed by atoms with Crippen LogP contribution in [0.5, 0.6) is 0 Å². The third kappa shape index (κ3) is 5.53. The molecule has 0 aliphatic heterocycles. The van der Waals surface area contributed by atoms with E-state index >= 15 is 0 Å². The van der Waals surface area contributed by atoms with Crippen molar-refractivity contribution in [3.63, 3.8) is 0 Å². The fourth-order valence-electron chi connectivity index (χ4n) is 4.80. The van der Waals surface area contributed by atoms with Crippen LogP contribution >= 0.6 is 0 Å². The summed E-state index contributed by atoms with van der Waals surface area (Å²) >= 11 is 0. The summed E-state index contributed by atoms with van der Waals surface area (Å²) in [4.78, 5) is 34.8. The molecule has 0 bridgehead atoms. The van der Waals surface area contributed by atoms with E-state index in [9.17, 15) is 14.4 Å². The number of nitrogens with one attached hydrogen (secondary N) is 2. The highest BCUT2D eigenvalue weighted by Crippen LogP contribution is 2.44. The van der Waals surface area contributed by atoms with Crippen LogP contribution in [0, 0.1) is 17.8 Å². The van der Waals surface area contributed by atoms with E-state index in [0.717, 1.165) is 12.8 Å². The largest absolute Gasteiger partial charge is 0.472 e. The Morgan fingerprint density at radius 3 is 2.33 bits per heavy atom. The van der Waals surface area contributed by atoms with Gasteiger partial charge in [0.15, 0.2) is 0 Å². The minimum absolute atomic E-state index is 0.0132. The number of fused-ring (bicyclic) bond motifs is 3. The SMILES string of the molecule is O=C(O)C#CCNC(=O)C[C@@H]1CC[C@H](NC(=O)OCC2c3ccccc3-c3ccccc32)C1. The number of carbonyl (C=O) groups excluding carboxylic acids is 2. The monoisotopic (exact) mass is 446 g/mol. The van der Waals surface area contributed by atoms with E-state index in [2.05, 4.69) is 40.8 Å². The second-order valence-electron chi connectivity index (χ2n) is 8.43. The van der Waals surface area contributed by atoms with Crippen molar-refractivity contribution in [3.8, 4) is 23.0 Å². The Labute approximate surface area is 192 Å². The van der Waals surface area contributed by atoms with Gasteiger partial charge in [-0.2, -0.15) is 0 Å². The summed E-state index contributed by atoms with van der Waals surface area (Å²) in [5.74, 6) is 3.13. The lowest BCUT2D eigenvalue weighted by atomic mass is 9.98. The third-order valence-corrected chi connectivity index (χ3v) is 6.25. The van der Waals surface area contributed by atoms with Crippen LogP contribution in [0.1, 0.15) is 42.7 Å². The maximum atomic E-state index is 12.5. The van der Waals surface area contributed by atoms with Gasteiger partial charge in [0, 0.05) is 24.3 Å². The highest BCUT2D eigenvalue weighted by atomic mass is 16.5. The fourth-order valence-corrected chi connectivity index (χ4v) is 4.80. The molecule has 2 aliphatic rings. The minimum Gasteiger partial charge on any atom is -0.472 e. The number of benzene rings is 2. The highest BCUT2D eigenvalue weighted by molar-refractivity contribution is 5.86. The predicted octanol–water partition coefficient (Wildman–Crippen LogP) is 3.29. The number of rotatable bonds is 6. The Hall–Kier alpha value is -3.79. The predicted molar refractivity (Wildman–Crippen MR) is 122 cm³/mol. The molecule has 0 radical (unpaired) electrons. The van der Waals surface area contributed by atoms with Crippen molar-refractivity contribution in [1.82, 2.24) is 10.6 Å². The topological polar surface area (TPSA) is 105 Å². The van der Waals surface area contributed by atoms with Gasteiger partial charge in [-0.1, -0.05) is 54.5 Å². The number of amides is 2. The molecule has 2 aliphatic carbocycles. The number of carboxylic acids is 1. The van der Waals surface area contributed by atoms with Gasteiger partial charge in [0.25, 0.3) is 0 Å². The molecule has 0 saturated heterocycles. The van der Waals surface area contributed by atoms with E-state index in [1.165, 1.54) is 22.3 Å². The van der Waals surface area contributed by atoms with Crippen molar-refractivity contribution in [2.45, 2.75) is 37.6 Å². The van der Waals surface area contributed by atoms with Crippen molar-refractivity contribution in [3.05, 3.63) is 59.7 Å². The van der Waals surface area contributed by atoms with Crippen LogP contribution in [0.4, 0.5) is 4.79 Å². The summed E-state index contributed by atoms with van der Waals surface area (Å²) in [5, 5.41) is 14.0. The Morgan fingerprint density at radius 1 is 1.00 bits per heavy atom. The van der Waals surface area contributed by atoms with Crippen LogP contribution in [0.15, 0.2) is 48.5 Å². The van der Waals surface area contributed by atoms with Crippen molar-refractivity contribution in [2.75, 3.05) is 13.2 Å². The zero-order valence-corrected chi connectivity index (χ0v) is 18.2. The van der Waals surface area contributed by atoms with Crippen molar-refractivity contribution < 1.29 is 24.2 Å². The molecule has 0 spiro atoms. The Morgan fingerprint density at radius 2 is 1.67 bits per heavy atom. The molecule has 2 amide bonds. The summed E-state index contributed by atoms with van der Waals surface area (Å²) in [6.45, 7) is 0.287. The normalized spacial score (nSPS) is 18.4. The number of aliphatic carboxylic acids is 1. The first-order valence-electron chi connectivity index (χ1n) is 11.1. The summed E-state index contributed by atoms with van der Waals surface area (Å²) in [6, 6.07) is 16.4. The molecule has 0 aromatic heterocycles. The molecule has 0 unspecified atom stereocenters. The molecule has 170 valence electrons. The van der Waals surface area contributed by atoms with E-state index in [1.807, 2.05) is 30.2 Å². The van der Waals surface area contributed by atoms with E-state index in [0.29, 0.717) is 12.8 Å². The molecule has 2 aromatic carbocycles. The van der Waals surface area contributed by atoms with Gasteiger partial charge in [0.05, 0.1) is 6.54 Å². The smallest absolute Gasteiger partial charge is 0.407 e. The van der Waals surface area contributed by atoms with Crippen molar-refractivity contribution in [2.24, 2.45) is 5.92 Å². The number of alkyl carbamates (subject to hydrolysis) is 1. The van der Waals surface area contributed by atoms with E-state index in [4.69, 9.17) is 9.84 Å². The second-order valence-corrected chi connectivity index (χ2v) is 8.43. The Bertz CT molecular complexity index is 1070. The standard InChI is InChI=1S/C26H26N2O5/c29-24(27-13-5-10-25(30)31)15-17-11-12-18(14-17)28-26(32)33-16-23-21-8-3-1-6-19(21)20-7-2-4-9-22(20)23/h1-4,6-9,17-18,23H,11-16H2,(H,27,29)(H,28,32)(H,30,31)/t17-,18+/m1/s1. The maximum Gasteiger partial charge on any atom is 0.407 e. The average molecular weight is 447 g/mol. The molecule has 2 aromatic rings. The number of hydrogen-bond donors (Lipinski definition) is 3. The number of hydrogen-bond acceptors (Lipinski definition) is 4. The van der Waals surface area contributed by atoms with E-state index in [1.54, 1.807) is 0 Å². The van der Waals surface area contributed by atoms with Gasteiger partial charge in [-0.25, -0.2) is 9.59 Å². The highest BCUT2D eigenvalue weighted by Gasteiger charge is 2.31. The summed E-state index contributed by atoms with van der Waals surface area (Å²) in [6.07, 6.45) is 2.23. The number of ether oxygens (including phenoxy) is 1. The molecule has 7 heteroatoms. The summed E-state index contributed by atoms with van der Waals surface area (Å²) in [7, 11) is 0. The quantitative estimate of drug-likeness (QED) is 0.591. The molecule has 33 heavy (non-hydrogen) atoms.